The molecule has 0 aliphatic carbocycles. The molecular weight excluding hydrogens is 130 g/mol. The SMILES string of the molecule is C#CCOC(=O)CCCN. The first-order valence-corrected chi connectivity index (χ1v) is 3.10. The van der Waals surface area contributed by atoms with Crippen LogP contribution in [0.25, 0.3) is 0 Å². The van der Waals surface area contributed by atoms with Crippen molar-refractivity contribution in [3.8, 4) is 12.3 Å². The molecule has 0 saturated heterocycles. The van der Waals surface area contributed by atoms with Crippen LogP contribution in [0.1, 0.15) is 12.8 Å². The second-order valence-corrected chi connectivity index (χ2v) is 1.76. The summed E-state index contributed by atoms with van der Waals surface area (Å²) >= 11 is 0. The number of carbonyl (C=O) groups excluding carboxylic acids is 1. The molecule has 2 N–H and O–H groups in total. The number of esters is 1. The van der Waals surface area contributed by atoms with Gasteiger partial charge in [-0.25, -0.2) is 0 Å². The molecule has 0 heterocycles. The molecule has 0 unspecified atom stereocenters. The third-order valence-corrected chi connectivity index (χ3v) is 0.902. The molecule has 0 aliphatic rings. The highest BCUT2D eigenvalue weighted by Crippen LogP contribution is 1.89. The second-order valence-electron chi connectivity index (χ2n) is 1.76. The van der Waals surface area contributed by atoms with Crippen LogP contribution in [0.4, 0.5) is 0 Å². The Labute approximate surface area is 60.5 Å². The summed E-state index contributed by atoms with van der Waals surface area (Å²) in [4.78, 5) is 10.6. The summed E-state index contributed by atoms with van der Waals surface area (Å²) in [6.07, 6.45) is 5.87. The van der Waals surface area contributed by atoms with Crippen LogP contribution < -0.4 is 5.73 Å². The molecule has 0 atom stereocenters. The van der Waals surface area contributed by atoms with Gasteiger partial charge in [0.15, 0.2) is 6.61 Å². The maximum Gasteiger partial charge on any atom is 0.306 e. The summed E-state index contributed by atoms with van der Waals surface area (Å²) in [5.74, 6) is 1.93. The van der Waals surface area contributed by atoms with Crippen LogP contribution in [-0.4, -0.2) is 19.1 Å². The Morgan fingerprint density at radius 2 is 2.40 bits per heavy atom. The van der Waals surface area contributed by atoms with E-state index in [1.54, 1.807) is 0 Å². The minimum atomic E-state index is -0.275. The second kappa shape index (κ2) is 6.12. The van der Waals surface area contributed by atoms with Crippen molar-refractivity contribution in [1.29, 1.82) is 0 Å². The predicted molar refractivity (Wildman–Crippen MR) is 38.1 cm³/mol. The number of hydrogen-bond acceptors (Lipinski definition) is 3. The van der Waals surface area contributed by atoms with E-state index in [1.165, 1.54) is 0 Å². The number of ether oxygens (including phenoxy) is 1. The van der Waals surface area contributed by atoms with E-state index in [0.717, 1.165) is 0 Å². The van der Waals surface area contributed by atoms with Gasteiger partial charge in [-0.1, -0.05) is 5.92 Å². The molecule has 0 bridgehead atoms. The highest BCUT2D eigenvalue weighted by atomic mass is 16.5. The molecule has 0 rings (SSSR count). The standard InChI is InChI=1S/C7H11NO2/c1-2-6-10-7(9)4-3-5-8/h1H,3-6,8H2. The lowest BCUT2D eigenvalue weighted by Crippen LogP contribution is -2.07. The molecule has 0 amide bonds. The number of hydrogen-bond donors (Lipinski definition) is 1. The Balaban J connectivity index is 3.19. The molecule has 0 aromatic rings. The van der Waals surface area contributed by atoms with E-state index in [4.69, 9.17) is 12.2 Å². The molecule has 10 heavy (non-hydrogen) atoms. The smallest absolute Gasteiger partial charge is 0.306 e. The summed E-state index contributed by atoms with van der Waals surface area (Å²) in [5.41, 5.74) is 5.16. The maximum absolute atomic E-state index is 10.6. The quantitative estimate of drug-likeness (QED) is 0.439. The topological polar surface area (TPSA) is 52.3 Å². The summed E-state index contributed by atoms with van der Waals surface area (Å²) < 4.78 is 4.56. The molecule has 3 nitrogen and oxygen atoms in total. The van der Waals surface area contributed by atoms with Crippen molar-refractivity contribution in [2.45, 2.75) is 12.8 Å². The van der Waals surface area contributed by atoms with Gasteiger partial charge in [-0.15, -0.1) is 6.42 Å². The van der Waals surface area contributed by atoms with Gasteiger partial charge >= 0.3 is 5.97 Å². The van der Waals surface area contributed by atoms with Crippen LogP contribution in [-0.2, 0) is 9.53 Å². The zero-order chi connectivity index (χ0) is 7.82. The Morgan fingerprint density at radius 3 is 2.90 bits per heavy atom. The average Bonchev–Trinajstić information content (AvgIpc) is 1.97. The fourth-order valence-corrected chi connectivity index (χ4v) is 0.441. The first-order valence-electron chi connectivity index (χ1n) is 3.10. The third kappa shape index (κ3) is 5.13. The molecule has 0 aromatic carbocycles. The van der Waals surface area contributed by atoms with Gasteiger partial charge in [0.05, 0.1) is 0 Å². The normalized spacial score (nSPS) is 8.40. The van der Waals surface area contributed by atoms with E-state index in [9.17, 15) is 4.79 Å². The fraction of sp³-hybridized carbons (Fsp3) is 0.571. The maximum atomic E-state index is 10.6. The van der Waals surface area contributed by atoms with Crippen LogP contribution >= 0.6 is 0 Å². The summed E-state index contributed by atoms with van der Waals surface area (Å²) in [7, 11) is 0. The van der Waals surface area contributed by atoms with Gasteiger partial charge in [-0.05, 0) is 13.0 Å². The van der Waals surface area contributed by atoms with Gasteiger partial charge in [-0.3, -0.25) is 4.79 Å². The summed E-state index contributed by atoms with van der Waals surface area (Å²) in [6, 6.07) is 0. The van der Waals surface area contributed by atoms with E-state index in [2.05, 4.69) is 10.7 Å². The van der Waals surface area contributed by atoms with Crippen molar-refractivity contribution in [1.82, 2.24) is 0 Å². The molecular formula is C7H11NO2. The van der Waals surface area contributed by atoms with E-state index in [1.807, 2.05) is 0 Å². The molecule has 0 aromatic heterocycles. The van der Waals surface area contributed by atoms with Crippen LogP contribution in [0, 0.1) is 12.3 Å². The third-order valence-electron chi connectivity index (χ3n) is 0.902. The van der Waals surface area contributed by atoms with Gasteiger partial charge in [-0.2, -0.15) is 0 Å². The minimum absolute atomic E-state index is 0.0589. The minimum Gasteiger partial charge on any atom is -0.452 e. The lowest BCUT2D eigenvalue weighted by atomic mass is 10.3. The zero-order valence-corrected chi connectivity index (χ0v) is 5.80. The molecule has 56 valence electrons. The number of rotatable bonds is 4. The van der Waals surface area contributed by atoms with Crippen LogP contribution in [0.3, 0.4) is 0 Å². The Bertz CT molecular complexity index is 137. The van der Waals surface area contributed by atoms with Crippen molar-refractivity contribution in [3.05, 3.63) is 0 Å². The molecule has 3 heteroatoms. The van der Waals surface area contributed by atoms with Crippen molar-refractivity contribution < 1.29 is 9.53 Å². The highest BCUT2D eigenvalue weighted by Gasteiger charge is 1.98. The van der Waals surface area contributed by atoms with Crippen LogP contribution in [0.15, 0.2) is 0 Å². The van der Waals surface area contributed by atoms with E-state index in [-0.39, 0.29) is 12.6 Å². The largest absolute Gasteiger partial charge is 0.452 e. The van der Waals surface area contributed by atoms with Crippen molar-refractivity contribution >= 4 is 5.97 Å². The molecule has 0 saturated carbocycles. The van der Waals surface area contributed by atoms with Crippen LogP contribution in [0.5, 0.6) is 0 Å². The molecule has 0 spiro atoms. The zero-order valence-electron chi connectivity index (χ0n) is 5.80. The van der Waals surface area contributed by atoms with Gasteiger partial charge < -0.3 is 10.5 Å². The van der Waals surface area contributed by atoms with Gasteiger partial charge in [0.25, 0.3) is 0 Å². The molecule has 0 radical (unpaired) electrons. The Morgan fingerprint density at radius 1 is 1.70 bits per heavy atom. The van der Waals surface area contributed by atoms with Crippen LogP contribution in [0.2, 0.25) is 0 Å². The van der Waals surface area contributed by atoms with Crippen molar-refractivity contribution in [2.24, 2.45) is 5.73 Å². The lowest BCUT2D eigenvalue weighted by molar-refractivity contribution is -0.142. The molecule has 0 fully saturated rings. The number of terminal acetylenes is 1. The Hall–Kier alpha value is -1.01. The number of carbonyl (C=O) groups is 1. The van der Waals surface area contributed by atoms with Gasteiger partial charge in [0, 0.05) is 6.42 Å². The van der Waals surface area contributed by atoms with E-state index < -0.39 is 0 Å². The average molecular weight is 141 g/mol. The van der Waals surface area contributed by atoms with Gasteiger partial charge in [0.1, 0.15) is 0 Å². The number of nitrogens with two attached hydrogens (primary N) is 1. The van der Waals surface area contributed by atoms with Gasteiger partial charge in [0.2, 0.25) is 0 Å². The summed E-state index contributed by atoms with van der Waals surface area (Å²) in [5, 5.41) is 0. The first-order chi connectivity index (χ1) is 4.81. The monoisotopic (exact) mass is 141 g/mol. The highest BCUT2D eigenvalue weighted by molar-refractivity contribution is 5.69. The van der Waals surface area contributed by atoms with E-state index >= 15 is 0 Å². The Kier molecular flexibility index (Phi) is 5.50. The van der Waals surface area contributed by atoms with Crippen molar-refractivity contribution in [3.63, 3.8) is 0 Å². The van der Waals surface area contributed by atoms with Crippen molar-refractivity contribution in [2.75, 3.05) is 13.2 Å². The predicted octanol–water partition coefficient (Wildman–Crippen LogP) is -0.0983. The lowest BCUT2D eigenvalue weighted by Gasteiger charge is -1.97. The fourth-order valence-electron chi connectivity index (χ4n) is 0.441. The first kappa shape index (κ1) is 8.99. The summed E-state index contributed by atoms with van der Waals surface area (Å²) in [6.45, 7) is 0.564. The molecule has 0 aliphatic heterocycles. The van der Waals surface area contributed by atoms with E-state index in [0.29, 0.717) is 19.4 Å².